The largest absolute Gasteiger partial charge is 0.382 e. The van der Waals surface area contributed by atoms with Crippen molar-refractivity contribution in [3.8, 4) is 0 Å². The van der Waals surface area contributed by atoms with Crippen LogP contribution in [0, 0.1) is 5.92 Å². The average molecular weight is 336 g/mol. The number of imidazole rings is 1. The molecule has 0 unspecified atom stereocenters. The molecule has 6 nitrogen and oxygen atoms in total. The van der Waals surface area contributed by atoms with E-state index in [1.54, 1.807) is 0 Å². The Hall–Kier alpha value is -2.63. The average Bonchev–Trinajstić information content (AvgIpc) is 2.95. The van der Waals surface area contributed by atoms with Crippen molar-refractivity contribution in [3.63, 3.8) is 0 Å². The summed E-state index contributed by atoms with van der Waals surface area (Å²) in [6.45, 7) is 0.925. The lowest BCUT2D eigenvalue weighted by atomic mass is 9.89. The molecule has 2 heterocycles. The number of nitrogens with two attached hydrogens (primary N) is 2. The summed E-state index contributed by atoms with van der Waals surface area (Å²) in [5.74, 6) is 2.22. The first-order chi connectivity index (χ1) is 12.2. The van der Waals surface area contributed by atoms with E-state index in [9.17, 15) is 0 Å². The molecule has 1 saturated carbocycles. The van der Waals surface area contributed by atoms with Crippen LogP contribution in [0.5, 0.6) is 0 Å². The van der Waals surface area contributed by atoms with Gasteiger partial charge < -0.3 is 16.0 Å². The molecule has 0 radical (unpaired) electrons. The van der Waals surface area contributed by atoms with Crippen LogP contribution in [0.15, 0.2) is 30.3 Å². The Kier molecular flexibility index (Phi) is 4.26. The lowest BCUT2D eigenvalue weighted by Crippen LogP contribution is -2.17. The van der Waals surface area contributed by atoms with Gasteiger partial charge in [0.2, 0.25) is 5.95 Å². The van der Waals surface area contributed by atoms with Gasteiger partial charge in [0.1, 0.15) is 5.82 Å². The molecule has 0 saturated heterocycles. The second-order valence-corrected chi connectivity index (χ2v) is 6.94. The summed E-state index contributed by atoms with van der Waals surface area (Å²) < 4.78 is 2.22. The quantitative estimate of drug-likeness (QED) is 0.763. The van der Waals surface area contributed by atoms with E-state index in [4.69, 9.17) is 16.5 Å². The van der Waals surface area contributed by atoms with Crippen molar-refractivity contribution in [1.29, 1.82) is 0 Å². The fourth-order valence-corrected chi connectivity index (χ4v) is 3.82. The molecule has 25 heavy (non-hydrogen) atoms. The van der Waals surface area contributed by atoms with Crippen molar-refractivity contribution < 1.29 is 0 Å². The van der Waals surface area contributed by atoms with E-state index in [0.717, 1.165) is 24.4 Å². The van der Waals surface area contributed by atoms with Gasteiger partial charge in [0.25, 0.3) is 0 Å². The van der Waals surface area contributed by atoms with E-state index in [1.807, 2.05) is 6.07 Å². The van der Waals surface area contributed by atoms with Crippen LogP contribution in [0.3, 0.4) is 0 Å². The van der Waals surface area contributed by atoms with Crippen molar-refractivity contribution in [1.82, 2.24) is 19.5 Å². The van der Waals surface area contributed by atoms with Gasteiger partial charge in [-0.15, -0.1) is 0 Å². The molecule has 130 valence electrons. The molecular weight excluding hydrogens is 312 g/mol. The van der Waals surface area contributed by atoms with Gasteiger partial charge in [0, 0.05) is 13.0 Å². The zero-order valence-corrected chi connectivity index (χ0v) is 14.4. The summed E-state index contributed by atoms with van der Waals surface area (Å²) >= 11 is 0. The Morgan fingerprint density at radius 3 is 2.48 bits per heavy atom. The minimum Gasteiger partial charge on any atom is -0.382 e. The summed E-state index contributed by atoms with van der Waals surface area (Å²) in [5, 5.41) is 0. The zero-order valence-electron chi connectivity index (χ0n) is 14.4. The minimum atomic E-state index is 0.209. The van der Waals surface area contributed by atoms with Crippen LogP contribution in [0.2, 0.25) is 0 Å². The van der Waals surface area contributed by atoms with E-state index in [-0.39, 0.29) is 5.95 Å². The summed E-state index contributed by atoms with van der Waals surface area (Å²) in [6, 6.07) is 10.4. The van der Waals surface area contributed by atoms with Gasteiger partial charge in [-0.2, -0.15) is 9.97 Å². The maximum atomic E-state index is 6.06. The number of aromatic nitrogens is 4. The number of nitrogen functional groups attached to an aromatic ring is 2. The Labute approximate surface area is 147 Å². The summed E-state index contributed by atoms with van der Waals surface area (Å²) in [4.78, 5) is 13.3. The van der Waals surface area contributed by atoms with Crippen LogP contribution in [0.25, 0.3) is 11.2 Å². The molecule has 3 aromatic rings. The maximum absolute atomic E-state index is 6.06. The van der Waals surface area contributed by atoms with Crippen LogP contribution in [-0.2, 0) is 13.0 Å². The fraction of sp³-hybridized carbons (Fsp3) is 0.421. The molecule has 1 fully saturated rings. The molecule has 0 spiro atoms. The second kappa shape index (κ2) is 6.70. The Morgan fingerprint density at radius 1 is 0.960 bits per heavy atom. The third-order valence-corrected chi connectivity index (χ3v) is 5.09. The van der Waals surface area contributed by atoms with Gasteiger partial charge in [-0.05, 0) is 24.3 Å². The molecule has 2 aromatic heterocycles. The molecule has 4 rings (SSSR count). The highest BCUT2D eigenvalue weighted by Gasteiger charge is 2.21. The standard InChI is InChI=1S/C19H24N6/c20-17-16-18(24-19(21)23-17)25(12-14-9-5-2-6-10-14)15(22-16)11-13-7-3-1-4-8-13/h1,3-4,7-8,14H,2,5-6,9-12H2,(H4,20,21,23,24). The van der Waals surface area contributed by atoms with E-state index >= 15 is 0 Å². The minimum absolute atomic E-state index is 0.209. The second-order valence-electron chi connectivity index (χ2n) is 6.94. The molecule has 1 aliphatic carbocycles. The highest BCUT2D eigenvalue weighted by Crippen LogP contribution is 2.28. The van der Waals surface area contributed by atoms with E-state index in [1.165, 1.54) is 37.7 Å². The number of fused-ring (bicyclic) bond motifs is 1. The molecule has 6 heteroatoms. The van der Waals surface area contributed by atoms with Crippen molar-refractivity contribution in [2.45, 2.75) is 45.1 Å². The first-order valence-electron chi connectivity index (χ1n) is 9.02. The van der Waals surface area contributed by atoms with E-state index < -0.39 is 0 Å². The number of benzene rings is 1. The topological polar surface area (TPSA) is 95.6 Å². The molecule has 0 amide bonds. The zero-order chi connectivity index (χ0) is 17.2. The first-order valence-corrected chi connectivity index (χ1v) is 9.02. The number of anilines is 2. The number of hydrogen-bond donors (Lipinski definition) is 2. The van der Waals surface area contributed by atoms with Crippen molar-refractivity contribution in [2.24, 2.45) is 5.92 Å². The van der Waals surface area contributed by atoms with Crippen molar-refractivity contribution in [2.75, 3.05) is 11.5 Å². The van der Waals surface area contributed by atoms with Crippen LogP contribution < -0.4 is 11.5 Å². The number of rotatable bonds is 4. The lowest BCUT2D eigenvalue weighted by Gasteiger charge is -2.23. The highest BCUT2D eigenvalue weighted by atomic mass is 15.2. The third-order valence-electron chi connectivity index (χ3n) is 5.09. The summed E-state index contributed by atoms with van der Waals surface area (Å²) in [6.07, 6.45) is 7.25. The van der Waals surface area contributed by atoms with Crippen LogP contribution >= 0.6 is 0 Å². The predicted molar refractivity (Wildman–Crippen MR) is 100.0 cm³/mol. The summed E-state index contributed by atoms with van der Waals surface area (Å²) in [5.41, 5.74) is 14.6. The molecule has 4 N–H and O–H groups in total. The predicted octanol–water partition coefficient (Wildman–Crippen LogP) is 3.16. The number of hydrogen-bond acceptors (Lipinski definition) is 5. The van der Waals surface area contributed by atoms with Gasteiger partial charge >= 0.3 is 0 Å². The molecule has 1 aromatic carbocycles. The molecular formula is C19H24N6. The van der Waals surface area contributed by atoms with Gasteiger partial charge in [-0.1, -0.05) is 49.6 Å². The normalized spacial score (nSPS) is 15.7. The Morgan fingerprint density at radius 2 is 1.72 bits per heavy atom. The highest BCUT2D eigenvalue weighted by molar-refractivity contribution is 5.83. The monoisotopic (exact) mass is 336 g/mol. The van der Waals surface area contributed by atoms with E-state index in [2.05, 4.69) is 38.8 Å². The van der Waals surface area contributed by atoms with Crippen molar-refractivity contribution in [3.05, 3.63) is 41.7 Å². The van der Waals surface area contributed by atoms with Crippen molar-refractivity contribution >= 4 is 22.9 Å². The van der Waals surface area contributed by atoms with Crippen LogP contribution in [-0.4, -0.2) is 19.5 Å². The Bertz CT molecular complexity index is 865. The first kappa shape index (κ1) is 15.9. The lowest BCUT2D eigenvalue weighted by molar-refractivity contribution is 0.319. The van der Waals surface area contributed by atoms with Crippen LogP contribution in [0.1, 0.15) is 43.5 Å². The van der Waals surface area contributed by atoms with Gasteiger partial charge in [-0.25, -0.2) is 4.98 Å². The molecule has 0 bridgehead atoms. The Balaban J connectivity index is 1.76. The SMILES string of the molecule is Nc1nc(N)c2nc(Cc3ccccc3)n(CC3CCCCC3)c2n1. The van der Waals surface area contributed by atoms with Gasteiger partial charge in [-0.3, -0.25) is 0 Å². The molecule has 0 atom stereocenters. The van der Waals surface area contributed by atoms with Crippen LogP contribution in [0.4, 0.5) is 11.8 Å². The van der Waals surface area contributed by atoms with Gasteiger partial charge in [0.15, 0.2) is 17.0 Å². The van der Waals surface area contributed by atoms with E-state index in [0.29, 0.717) is 17.3 Å². The molecule has 0 aliphatic heterocycles. The number of nitrogens with zero attached hydrogens (tertiary/aromatic N) is 4. The van der Waals surface area contributed by atoms with Gasteiger partial charge in [0.05, 0.1) is 0 Å². The third kappa shape index (κ3) is 3.29. The summed E-state index contributed by atoms with van der Waals surface area (Å²) in [7, 11) is 0. The smallest absolute Gasteiger partial charge is 0.224 e. The fourth-order valence-electron chi connectivity index (χ4n) is 3.82. The molecule has 1 aliphatic rings. The maximum Gasteiger partial charge on any atom is 0.224 e.